The minimum atomic E-state index is -2.26. The van der Waals surface area contributed by atoms with Gasteiger partial charge >= 0.3 is 0 Å². The Morgan fingerprint density at radius 3 is 0.667 bits per heavy atom. The summed E-state index contributed by atoms with van der Waals surface area (Å²) >= 11 is 34.6. The van der Waals surface area contributed by atoms with Crippen molar-refractivity contribution in [3.63, 3.8) is 0 Å². The van der Waals surface area contributed by atoms with Crippen LogP contribution in [0.15, 0.2) is 167 Å². The van der Waals surface area contributed by atoms with Gasteiger partial charge in [0.05, 0.1) is 25.4 Å². The van der Waals surface area contributed by atoms with E-state index in [9.17, 15) is 0 Å². The molecular formula is C30H12N3P3S18. The summed E-state index contributed by atoms with van der Waals surface area (Å²) in [6.45, 7) is 0. The molecule has 270 valence electrons. The molecule has 3 spiro atoms. The van der Waals surface area contributed by atoms with Crippen LogP contribution in [0.3, 0.4) is 0 Å². The Balaban J connectivity index is 0.887. The number of nitrogens with zero attached hydrogens (tertiary/aromatic N) is 3. The van der Waals surface area contributed by atoms with Gasteiger partial charge in [-0.2, -0.15) is 0 Å². The standard InChI is InChI=1S/C30H12N3P3S18/c1-2-38-25(37-1)28-43-13-7-19-20(8-14(13)44-28)50-34(49-19)31-35(51-21-9-15-16(10-22(21)52-35)46-29(45-15)26-39-3-4-40-26)33-36(32-34)53-23-11-17-18(12-24(23)54-36)48-30(47-17)27-41-5-6-42-27/h1-12H. The summed E-state index contributed by atoms with van der Waals surface area (Å²) in [6, 6.07) is 14.7. The first-order chi connectivity index (χ1) is 26.4. The topological polar surface area (TPSA) is 37.1 Å². The molecule has 0 saturated heterocycles. The molecule has 0 aliphatic carbocycles. The second kappa shape index (κ2) is 14.6. The highest BCUT2D eigenvalue weighted by Crippen LogP contribution is 3.03. The molecule has 24 heteroatoms. The molecule has 0 radical (unpaired) electrons. The minimum absolute atomic E-state index is 1.36. The Bertz CT molecular complexity index is 2290. The molecule has 0 aromatic heterocycles. The van der Waals surface area contributed by atoms with Crippen LogP contribution in [0, 0.1) is 0 Å². The zero-order valence-corrected chi connectivity index (χ0v) is 43.3. The normalized spacial score (nSPS) is 24.9. The van der Waals surface area contributed by atoms with Gasteiger partial charge in [-0.1, -0.05) is 141 Å². The molecule has 0 saturated carbocycles. The average molecular weight is 1080 g/mol. The van der Waals surface area contributed by atoms with E-state index in [1.807, 2.05) is 209 Å². The molecule has 0 amide bonds. The molecule has 0 N–H and O–H groups in total. The van der Waals surface area contributed by atoms with Crippen molar-refractivity contribution in [2.75, 3.05) is 0 Å². The van der Waals surface area contributed by atoms with Gasteiger partial charge in [-0.25, -0.2) is 13.5 Å². The van der Waals surface area contributed by atoms with Gasteiger partial charge in [0.1, 0.15) is 0 Å². The fourth-order valence-electron chi connectivity index (χ4n) is 5.82. The molecule has 54 heavy (non-hydrogen) atoms. The van der Waals surface area contributed by atoms with Crippen molar-refractivity contribution < 1.29 is 0 Å². The van der Waals surface area contributed by atoms with Crippen LogP contribution >= 0.6 is 226 Å². The van der Waals surface area contributed by atoms with Gasteiger partial charge in [0.2, 0.25) is 0 Å². The Morgan fingerprint density at radius 1 is 0.259 bits per heavy atom. The van der Waals surface area contributed by atoms with Crippen LogP contribution in [0.5, 0.6) is 0 Å². The quantitative estimate of drug-likeness (QED) is 0.200. The van der Waals surface area contributed by atoms with E-state index in [1.54, 1.807) is 0 Å². The maximum absolute atomic E-state index is 5.98. The largest absolute Gasteiger partial charge is 0.200 e. The first-order valence-corrected chi connectivity index (χ1v) is 39.1. The van der Waals surface area contributed by atoms with Crippen LogP contribution in [0.25, 0.3) is 0 Å². The fraction of sp³-hybridized carbons (Fsp3) is 0. The maximum Gasteiger partial charge on any atom is 0.199 e. The zero-order valence-electron chi connectivity index (χ0n) is 26.0. The van der Waals surface area contributed by atoms with Gasteiger partial charge in [-0.3, -0.25) is 0 Å². The van der Waals surface area contributed by atoms with E-state index in [0.29, 0.717) is 0 Å². The van der Waals surface area contributed by atoms with Gasteiger partial charge in [-0.05, 0) is 137 Å². The van der Waals surface area contributed by atoms with E-state index in [-0.39, 0.29) is 0 Å². The lowest BCUT2D eigenvalue weighted by Crippen LogP contribution is -1.74. The summed E-state index contributed by atoms with van der Waals surface area (Å²) in [5.41, 5.74) is -6.77. The van der Waals surface area contributed by atoms with Gasteiger partial charge in [-0.15, -0.1) is 0 Å². The molecule has 0 bridgehead atoms. The average Bonchev–Trinajstić information content (AvgIpc) is 3.96. The molecule has 3 aromatic rings. The monoisotopic (exact) mass is 1080 g/mol. The highest BCUT2D eigenvalue weighted by atomic mass is 33.1. The van der Waals surface area contributed by atoms with E-state index in [2.05, 4.69) is 68.8 Å². The van der Waals surface area contributed by atoms with E-state index in [4.69, 9.17) is 13.5 Å². The van der Waals surface area contributed by atoms with Crippen molar-refractivity contribution >= 4 is 226 Å². The second-order valence-corrected chi connectivity index (χ2v) is 48.1. The number of hydrogen-bond donors (Lipinski definition) is 0. The third-order valence-electron chi connectivity index (χ3n) is 7.95. The molecule has 0 fully saturated rings. The van der Waals surface area contributed by atoms with Gasteiger partial charge < -0.3 is 0 Å². The minimum Gasteiger partial charge on any atom is -0.200 e. The molecule has 10 heterocycles. The van der Waals surface area contributed by atoms with Crippen molar-refractivity contribution in [3.8, 4) is 0 Å². The lowest BCUT2D eigenvalue weighted by atomic mass is 10.3. The van der Waals surface area contributed by atoms with E-state index >= 15 is 0 Å². The SMILES string of the molecule is C1=CSC(=C2Sc3cc4c(cc3S2)SP2(=NP3(=NP5(=N2)Sc2cc6c(cc2S5)SC(=C2SC=CS2)S6)Sc2cc5c(cc2S3)SC(=C2SC=CS2)S5)S4)S1. The van der Waals surface area contributed by atoms with E-state index < -0.39 is 16.8 Å². The summed E-state index contributed by atoms with van der Waals surface area (Å²) < 4.78 is 26.4. The maximum atomic E-state index is 5.98. The number of fused-ring (bicyclic) bond motifs is 6. The van der Waals surface area contributed by atoms with Crippen molar-refractivity contribution in [1.29, 1.82) is 0 Å². The lowest BCUT2D eigenvalue weighted by molar-refractivity contribution is 1.11. The third kappa shape index (κ3) is 6.62. The Kier molecular flexibility index (Phi) is 10.2. The molecule has 10 aliphatic heterocycles. The predicted molar refractivity (Wildman–Crippen MR) is 272 cm³/mol. The van der Waals surface area contributed by atoms with E-state index in [1.165, 1.54) is 84.2 Å². The highest BCUT2D eigenvalue weighted by Gasteiger charge is 2.49. The number of hydrogen-bond acceptors (Lipinski definition) is 21. The van der Waals surface area contributed by atoms with Crippen LogP contribution < -0.4 is 0 Å². The molecule has 13 rings (SSSR count). The van der Waals surface area contributed by atoms with Crippen LogP contribution in [-0.4, -0.2) is 0 Å². The van der Waals surface area contributed by atoms with Gasteiger partial charge in [0.15, 0.2) is 16.8 Å². The fourth-order valence-corrected chi connectivity index (χ4v) is 65.8. The smallest absolute Gasteiger partial charge is 0.199 e. The van der Waals surface area contributed by atoms with Crippen LogP contribution in [0.1, 0.15) is 0 Å². The van der Waals surface area contributed by atoms with Crippen molar-refractivity contribution in [1.82, 2.24) is 0 Å². The first-order valence-electron chi connectivity index (χ1n) is 15.3. The molecule has 3 nitrogen and oxygen atoms in total. The molecule has 3 aromatic carbocycles. The highest BCUT2D eigenvalue weighted by molar-refractivity contribution is 9.01. The molecule has 10 aliphatic rings. The van der Waals surface area contributed by atoms with E-state index in [0.717, 1.165) is 0 Å². The predicted octanol–water partition coefficient (Wildman–Crippen LogP) is 21.4. The Hall–Kier alpha value is 3.09. The summed E-state index contributed by atoms with van der Waals surface area (Å²) in [5.74, 6) is 0. The van der Waals surface area contributed by atoms with Crippen LogP contribution in [0.4, 0.5) is 0 Å². The molecule has 0 atom stereocenters. The van der Waals surface area contributed by atoms with Crippen LogP contribution in [-0.2, 0) is 0 Å². The molecular weight excluding hydrogens is 1070 g/mol. The van der Waals surface area contributed by atoms with Gasteiger partial charge in [0.25, 0.3) is 0 Å². The molecule has 0 unspecified atom stereocenters. The number of rotatable bonds is 0. The Labute approximate surface area is 387 Å². The number of benzene rings is 3. The second-order valence-electron chi connectivity index (χ2n) is 11.4. The summed E-state index contributed by atoms with van der Waals surface area (Å²) in [6.07, 6.45) is 0. The number of thioether (sulfide) groups is 12. The summed E-state index contributed by atoms with van der Waals surface area (Å²) in [4.78, 5) is 16.4. The summed E-state index contributed by atoms with van der Waals surface area (Å²) in [5, 5.41) is 13.2. The third-order valence-corrected chi connectivity index (χ3v) is 53.6. The van der Waals surface area contributed by atoms with Crippen molar-refractivity contribution in [2.45, 2.75) is 58.7 Å². The zero-order chi connectivity index (χ0) is 35.2. The van der Waals surface area contributed by atoms with Crippen molar-refractivity contribution in [3.05, 3.63) is 94.3 Å². The van der Waals surface area contributed by atoms with Crippen LogP contribution in [0.2, 0.25) is 0 Å². The van der Waals surface area contributed by atoms with Gasteiger partial charge in [0, 0.05) is 58.7 Å². The Morgan fingerprint density at radius 2 is 0.463 bits per heavy atom. The summed E-state index contributed by atoms with van der Waals surface area (Å²) in [7, 11) is 0. The lowest BCUT2D eigenvalue weighted by Gasteiger charge is -2.27. The first kappa shape index (κ1) is 37.6. The van der Waals surface area contributed by atoms with Crippen molar-refractivity contribution in [2.24, 2.45) is 13.5 Å².